The molecule has 1 unspecified atom stereocenters. The van der Waals surface area contributed by atoms with Crippen LogP contribution in [0.4, 0.5) is 11.4 Å². The van der Waals surface area contributed by atoms with Gasteiger partial charge in [-0.15, -0.1) is 23.2 Å². The molecule has 2 aliphatic rings. The third-order valence-electron chi connectivity index (χ3n) is 5.83. The van der Waals surface area contributed by atoms with Gasteiger partial charge in [-0.1, -0.05) is 36.0 Å². The molecule has 4 N–H and O–H groups in total. The van der Waals surface area contributed by atoms with E-state index < -0.39 is 28.6 Å². The number of benzene rings is 4. The molecule has 0 aliphatic carbocycles. The molecule has 0 saturated heterocycles. The summed E-state index contributed by atoms with van der Waals surface area (Å²) in [5, 5.41) is 23.5. The van der Waals surface area contributed by atoms with Crippen LogP contribution in [0.1, 0.15) is 41.4 Å². The Labute approximate surface area is 256 Å². The normalized spacial score (nSPS) is 14.2. The molecule has 4 aromatic carbocycles. The predicted molar refractivity (Wildman–Crippen MR) is 161 cm³/mol. The second-order valence-electron chi connectivity index (χ2n) is 8.40. The lowest BCUT2D eigenvalue weighted by Crippen LogP contribution is -2.12. The zero-order valence-electron chi connectivity index (χ0n) is 21.3. The number of carbonyl (C=O) groups excluding carboxylic acids is 2. The summed E-state index contributed by atoms with van der Waals surface area (Å²) >= 11 is 11.0. The standard InChI is InChI=1S/C14H9NO4S.C14H9NO3S.CH2Cl2/c16-13-9-3-1-2-4-11(9)20(19)12-6-5-8(14(17)18)7-10(12)15-13;16-13-9-3-1-2-4-11(9)19-12-6-5-8(14(17)18)7-10(12)15-13;2-1-3/h1-7H,(H,15,16)(H,17,18);1-7H,(H,15,16)(H,17,18);1H2. The molecule has 13 heteroatoms. The topological polar surface area (TPSA) is 150 Å². The number of carboxylic acid groups (broad SMARTS) is 2. The number of hydrogen-bond donors (Lipinski definition) is 4. The first-order valence-electron chi connectivity index (χ1n) is 11.9. The van der Waals surface area contributed by atoms with Gasteiger partial charge in [-0.05, 0) is 60.7 Å². The molecule has 1 atom stereocenters. The summed E-state index contributed by atoms with van der Waals surface area (Å²) in [5.41, 5.74) is 1.92. The van der Waals surface area contributed by atoms with Crippen LogP contribution in [-0.4, -0.2) is 43.5 Å². The first kappa shape index (κ1) is 30.8. The number of nitrogens with one attached hydrogen (secondary N) is 2. The van der Waals surface area contributed by atoms with Crippen molar-refractivity contribution >= 4 is 80.9 Å². The summed E-state index contributed by atoms with van der Waals surface area (Å²) in [6.07, 6.45) is 0. The van der Waals surface area contributed by atoms with Gasteiger partial charge in [0.05, 0.1) is 59.6 Å². The van der Waals surface area contributed by atoms with Crippen LogP contribution in [-0.2, 0) is 10.8 Å². The fourth-order valence-electron chi connectivity index (χ4n) is 3.95. The summed E-state index contributed by atoms with van der Waals surface area (Å²) < 4.78 is 12.5. The van der Waals surface area contributed by atoms with E-state index in [1.165, 1.54) is 42.1 Å². The Hall–Kier alpha value is -4.16. The van der Waals surface area contributed by atoms with Crippen molar-refractivity contribution in [2.45, 2.75) is 19.6 Å². The molecule has 0 fully saturated rings. The van der Waals surface area contributed by atoms with Gasteiger partial charge in [0.2, 0.25) is 0 Å². The van der Waals surface area contributed by atoms with Crippen molar-refractivity contribution in [1.29, 1.82) is 0 Å². The summed E-state index contributed by atoms with van der Waals surface area (Å²) in [6, 6.07) is 22.8. The number of amides is 2. The number of aromatic carboxylic acids is 2. The minimum Gasteiger partial charge on any atom is -0.478 e. The van der Waals surface area contributed by atoms with E-state index in [1.807, 2.05) is 12.1 Å². The number of anilines is 2. The maximum atomic E-state index is 12.5. The van der Waals surface area contributed by atoms with Gasteiger partial charge in [0.25, 0.3) is 11.8 Å². The van der Waals surface area contributed by atoms with Crippen LogP contribution in [0.2, 0.25) is 0 Å². The van der Waals surface area contributed by atoms with Crippen molar-refractivity contribution in [3.05, 3.63) is 107 Å². The summed E-state index contributed by atoms with van der Waals surface area (Å²) in [6.45, 7) is 0. The number of fused-ring (bicyclic) bond motifs is 4. The van der Waals surface area contributed by atoms with Crippen LogP contribution < -0.4 is 10.6 Å². The van der Waals surface area contributed by atoms with Crippen molar-refractivity contribution < 1.29 is 33.6 Å². The van der Waals surface area contributed by atoms with E-state index in [2.05, 4.69) is 10.6 Å². The second-order valence-corrected chi connectivity index (χ2v) is 11.7. The highest BCUT2D eigenvalue weighted by Crippen LogP contribution is 2.39. The second kappa shape index (κ2) is 13.7. The lowest BCUT2D eigenvalue weighted by atomic mass is 10.2. The zero-order valence-corrected chi connectivity index (χ0v) is 24.4. The largest absolute Gasteiger partial charge is 0.478 e. The van der Waals surface area contributed by atoms with Crippen LogP contribution in [0.25, 0.3) is 0 Å². The molecule has 4 aromatic rings. The smallest absolute Gasteiger partial charge is 0.335 e. The monoisotopic (exact) mass is 642 g/mol. The highest BCUT2D eigenvalue weighted by atomic mass is 35.5. The summed E-state index contributed by atoms with van der Waals surface area (Å²) in [4.78, 5) is 48.6. The average molecular weight is 644 g/mol. The fourth-order valence-corrected chi connectivity index (χ4v) is 6.26. The van der Waals surface area contributed by atoms with Gasteiger partial charge >= 0.3 is 11.9 Å². The Morgan fingerprint density at radius 3 is 1.88 bits per heavy atom. The van der Waals surface area contributed by atoms with Gasteiger partial charge in [0.15, 0.2) is 0 Å². The quantitative estimate of drug-likeness (QED) is 0.178. The highest BCUT2D eigenvalue weighted by molar-refractivity contribution is 7.99. The SMILES string of the molecule is ClCCl.O=C(O)c1ccc2c(c1)NC(=O)c1ccccc1S2.O=C(O)c1ccc2c(c1)NC(=O)c1ccccc1S2=O. The summed E-state index contributed by atoms with van der Waals surface area (Å²) in [5.74, 6) is -2.72. The molecular formula is C29H20Cl2N2O7S2. The Bertz CT molecular complexity index is 1750. The molecule has 6 rings (SSSR count). The Balaban J connectivity index is 0.000000177. The Kier molecular flexibility index (Phi) is 10.0. The first-order valence-corrected chi connectivity index (χ1v) is 14.9. The molecule has 2 aliphatic heterocycles. The van der Waals surface area contributed by atoms with Crippen molar-refractivity contribution in [1.82, 2.24) is 0 Å². The lowest BCUT2D eigenvalue weighted by molar-refractivity contribution is 0.0686. The van der Waals surface area contributed by atoms with Gasteiger partial charge < -0.3 is 20.8 Å². The van der Waals surface area contributed by atoms with E-state index >= 15 is 0 Å². The van der Waals surface area contributed by atoms with Gasteiger partial charge in [0, 0.05) is 9.79 Å². The number of hydrogen-bond acceptors (Lipinski definition) is 6. The lowest BCUT2D eigenvalue weighted by Gasteiger charge is -2.06. The van der Waals surface area contributed by atoms with Crippen LogP contribution in [0.15, 0.2) is 105 Å². The number of rotatable bonds is 2. The molecule has 0 saturated carbocycles. The molecule has 2 amide bonds. The van der Waals surface area contributed by atoms with Crippen molar-refractivity contribution in [3.8, 4) is 0 Å². The number of halogens is 2. The van der Waals surface area contributed by atoms with E-state index in [4.69, 9.17) is 33.4 Å². The van der Waals surface area contributed by atoms with Gasteiger partial charge in [-0.3, -0.25) is 9.59 Å². The molecule has 9 nitrogen and oxygen atoms in total. The molecular weight excluding hydrogens is 623 g/mol. The zero-order chi connectivity index (χ0) is 30.4. The maximum Gasteiger partial charge on any atom is 0.335 e. The average Bonchev–Trinajstić information content (AvgIpc) is 3.18. The van der Waals surface area contributed by atoms with Gasteiger partial charge in [-0.2, -0.15) is 0 Å². The molecule has 0 bridgehead atoms. The minimum absolute atomic E-state index is 0.0343. The van der Waals surface area contributed by atoms with Crippen molar-refractivity contribution in [2.75, 3.05) is 16.0 Å². The number of alkyl halides is 2. The summed E-state index contributed by atoms with van der Waals surface area (Å²) in [7, 11) is -1.53. The molecule has 0 aromatic heterocycles. The molecule has 214 valence electrons. The number of carbonyl (C=O) groups is 4. The minimum atomic E-state index is -1.53. The van der Waals surface area contributed by atoms with Crippen LogP contribution >= 0.6 is 35.0 Å². The first-order chi connectivity index (χ1) is 20.1. The molecule has 0 radical (unpaired) electrons. The molecule has 0 spiro atoms. The van der Waals surface area contributed by atoms with E-state index in [1.54, 1.807) is 42.5 Å². The van der Waals surface area contributed by atoms with E-state index in [9.17, 15) is 23.4 Å². The third-order valence-corrected chi connectivity index (χ3v) is 8.49. The van der Waals surface area contributed by atoms with Gasteiger partial charge in [-0.25, -0.2) is 13.8 Å². The number of carboxylic acids is 2. The predicted octanol–water partition coefficient (Wildman–Crippen LogP) is 6.64. The Morgan fingerprint density at radius 1 is 0.690 bits per heavy atom. The van der Waals surface area contributed by atoms with Crippen LogP contribution in [0, 0.1) is 0 Å². The Morgan fingerprint density at radius 2 is 1.21 bits per heavy atom. The van der Waals surface area contributed by atoms with E-state index in [-0.39, 0.29) is 28.1 Å². The highest BCUT2D eigenvalue weighted by Gasteiger charge is 2.25. The fraction of sp³-hybridized carbons (Fsp3) is 0.0345. The third kappa shape index (κ3) is 6.82. The molecule has 2 heterocycles. The maximum absolute atomic E-state index is 12.5. The van der Waals surface area contributed by atoms with Gasteiger partial charge in [0.1, 0.15) is 0 Å². The van der Waals surface area contributed by atoms with Crippen LogP contribution in [0.5, 0.6) is 0 Å². The van der Waals surface area contributed by atoms with E-state index in [0.717, 1.165) is 9.79 Å². The van der Waals surface area contributed by atoms with E-state index in [0.29, 0.717) is 26.6 Å². The molecule has 42 heavy (non-hydrogen) atoms. The van der Waals surface area contributed by atoms with Crippen molar-refractivity contribution in [2.24, 2.45) is 0 Å². The van der Waals surface area contributed by atoms with Crippen molar-refractivity contribution in [3.63, 3.8) is 0 Å². The van der Waals surface area contributed by atoms with Crippen LogP contribution in [0.3, 0.4) is 0 Å².